The lowest BCUT2D eigenvalue weighted by atomic mass is 9.97. The summed E-state index contributed by atoms with van der Waals surface area (Å²) in [5, 5.41) is 6.64. The highest BCUT2D eigenvalue weighted by molar-refractivity contribution is 7.17. The maximum atomic E-state index is 16.5. The van der Waals surface area contributed by atoms with E-state index < -0.39 is 5.82 Å². The molecule has 2 fully saturated rings. The second-order valence-corrected chi connectivity index (χ2v) is 12.1. The molecule has 2 saturated heterocycles. The SMILES string of the molecule is CC(=O)c1ccc(-c2nccc3[nH]c(C4=C5NC5Nc5cnc(-c6cncc(CN7CCCCC7)c6)c(F)c54)nc23)s1. The Labute approximate surface area is 245 Å². The average molecular weight is 579 g/mol. The Morgan fingerprint density at radius 1 is 1.07 bits per heavy atom. The maximum absolute atomic E-state index is 16.5. The number of hydrogen-bond acceptors (Lipinski definition) is 9. The van der Waals surface area contributed by atoms with Gasteiger partial charge in [0.05, 0.1) is 44.0 Å². The molecule has 9 nitrogen and oxygen atoms in total. The Hall–Kier alpha value is -4.48. The number of nitrogens with zero attached hydrogens (tertiary/aromatic N) is 5. The second-order valence-electron chi connectivity index (χ2n) is 11.0. The van der Waals surface area contributed by atoms with Crippen molar-refractivity contribution in [2.24, 2.45) is 0 Å². The minimum Gasteiger partial charge on any atom is -0.360 e. The zero-order valence-corrected chi connectivity index (χ0v) is 23.7. The normalized spacial score (nSPS) is 17.9. The number of ketones is 1. The fourth-order valence-corrected chi connectivity index (χ4v) is 6.88. The minimum atomic E-state index is -0.422. The van der Waals surface area contributed by atoms with Gasteiger partial charge in [0.1, 0.15) is 28.9 Å². The molecule has 3 aliphatic rings. The van der Waals surface area contributed by atoms with Crippen molar-refractivity contribution >= 4 is 39.4 Å². The third-order valence-electron chi connectivity index (χ3n) is 8.09. The Bertz CT molecular complexity index is 1920. The first-order valence-corrected chi connectivity index (χ1v) is 14.9. The molecule has 0 aromatic carbocycles. The van der Waals surface area contributed by atoms with Gasteiger partial charge in [0.15, 0.2) is 11.6 Å². The highest BCUT2D eigenvalue weighted by Crippen LogP contribution is 2.44. The predicted octanol–water partition coefficient (Wildman–Crippen LogP) is 5.59. The zero-order chi connectivity index (χ0) is 28.4. The summed E-state index contributed by atoms with van der Waals surface area (Å²) in [6.45, 7) is 4.50. The molecule has 5 aromatic heterocycles. The number of aromatic amines is 1. The summed E-state index contributed by atoms with van der Waals surface area (Å²) in [7, 11) is 0. The van der Waals surface area contributed by atoms with Gasteiger partial charge in [0, 0.05) is 30.7 Å². The molecule has 3 N–H and O–H groups in total. The number of carbonyl (C=O) groups is 1. The van der Waals surface area contributed by atoms with Crippen LogP contribution in [0.15, 0.2) is 54.7 Å². The molecule has 0 radical (unpaired) electrons. The molecule has 8 heterocycles. The van der Waals surface area contributed by atoms with E-state index in [1.54, 1.807) is 25.5 Å². The van der Waals surface area contributed by atoms with Crippen LogP contribution in [0.5, 0.6) is 0 Å². The van der Waals surface area contributed by atoms with Crippen molar-refractivity contribution in [2.45, 2.75) is 38.9 Å². The van der Waals surface area contributed by atoms with E-state index in [2.05, 4.69) is 35.5 Å². The molecule has 1 atom stereocenters. The number of fused-ring (bicyclic) bond motifs is 3. The molecule has 42 heavy (non-hydrogen) atoms. The van der Waals surface area contributed by atoms with Crippen LogP contribution in [0, 0.1) is 5.82 Å². The van der Waals surface area contributed by atoms with Gasteiger partial charge in [0.25, 0.3) is 0 Å². The van der Waals surface area contributed by atoms with Crippen molar-refractivity contribution in [1.29, 1.82) is 0 Å². The molecule has 210 valence electrons. The number of pyridine rings is 3. The maximum Gasteiger partial charge on any atom is 0.169 e. The van der Waals surface area contributed by atoms with Crippen molar-refractivity contribution in [3.8, 4) is 21.8 Å². The molecular weight excluding hydrogens is 551 g/mol. The summed E-state index contributed by atoms with van der Waals surface area (Å²) < 4.78 is 16.5. The number of thiophene rings is 1. The number of Topliss-reactive ketones (excluding diaryl/α,β-unsaturated/α-hetero) is 1. The Balaban J connectivity index is 1.20. The van der Waals surface area contributed by atoms with E-state index in [0.717, 1.165) is 41.3 Å². The third-order valence-corrected chi connectivity index (χ3v) is 9.28. The smallest absolute Gasteiger partial charge is 0.169 e. The van der Waals surface area contributed by atoms with Crippen LogP contribution in [-0.2, 0) is 6.54 Å². The van der Waals surface area contributed by atoms with Crippen LogP contribution in [-0.4, -0.2) is 54.9 Å². The summed E-state index contributed by atoms with van der Waals surface area (Å²) in [4.78, 5) is 37.7. The second kappa shape index (κ2) is 9.81. The Kier molecular flexibility index (Phi) is 5.90. The third kappa shape index (κ3) is 4.27. The van der Waals surface area contributed by atoms with E-state index >= 15 is 4.39 Å². The van der Waals surface area contributed by atoms with Gasteiger partial charge in [0.2, 0.25) is 0 Å². The van der Waals surface area contributed by atoms with E-state index in [9.17, 15) is 4.79 Å². The topological polar surface area (TPSA) is 122 Å². The van der Waals surface area contributed by atoms with Crippen LogP contribution < -0.4 is 10.6 Å². The van der Waals surface area contributed by atoms with Crippen LogP contribution in [0.25, 0.3) is 38.4 Å². The van der Waals surface area contributed by atoms with Crippen LogP contribution in [0.4, 0.5) is 10.1 Å². The van der Waals surface area contributed by atoms with Crippen molar-refractivity contribution in [1.82, 2.24) is 35.1 Å². The molecule has 0 saturated carbocycles. The van der Waals surface area contributed by atoms with Crippen LogP contribution in [0.3, 0.4) is 0 Å². The minimum absolute atomic E-state index is 0.0115. The number of nitrogens with one attached hydrogen (secondary N) is 3. The van der Waals surface area contributed by atoms with Gasteiger partial charge in [-0.15, -0.1) is 11.3 Å². The zero-order valence-electron chi connectivity index (χ0n) is 22.9. The monoisotopic (exact) mass is 578 g/mol. The molecular formula is C31H27FN8OS. The summed E-state index contributed by atoms with van der Waals surface area (Å²) in [5.74, 6) is 0.135. The molecule has 11 heteroatoms. The number of likely N-dealkylation sites (tertiary alicyclic amines) is 1. The lowest BCUT2D eigenvalue weighted by molar-refractivity contribution is 0.102. The van der Waals surface area contributed by atoms with Gasteiger partial charge >= 0.3 is 0 Å². The Morgan fingerprint density at radius 2 is 1.95 bits per heavy atom. The van der Waals surface area contributed by atoms with Crippen molar-refractivity contribution in [3.63, 3.8) is 0 Å². The first kappa shape index (κ1) is 25.2. The lowest BCUT2D eigenvalue weighted by Gasteiger charge is -2.26. The van der Waals surface area contributed by atoms with E-state index in [4.69, 9.17) is 4.98 Å². The number of rotatable bonds is 6. The molecule has 0 aliphatic carbocycles. The van der Waals surface area contributed by atoms with E-state index in [1.165, 1.54) is 30.6 Å². The first-order valence-electron chi connectivity index (χ1n) is 14.1. The standard InChI is InChI=1S/C31H27FN8OS/c1-16(41)21-5-6-22(42-21)28-27-19(7-8-34-28)36-30(38-27)24-23-20(37-31-29(24)39-31)14-35-26(25(23)32)18-11-17(12-33-13-18)15-40-9-3-2-4-10-40/h5-8,11-14,31,37,39H,2-4,9-10,15H2,1H3,(H,36,38). The highest BCUT2D eigenvalue weighted by atomic mass is 32.1. The fraction of sp³-hybridized carbons (Fsp3) is 0.258. The number of aromatic nitrogens is 5. The summed E-state index contributed by atoms with van der Waals surface area (Å²) in [5.41, 5.74) is 6.65. The van der Waals surface area contributed by atoms with Crippen molar-refractivity contribution in [2.75, 3.05) is 18.4 Å². The van der Waals surface area contributed by atoms with Gasteiger partial charge in [-0.3, -0.25) is 24.6 Å². The fourth-order valence-electron chi connectivity index (χ4n) is 5.98. The number of piperidine rings is 1. The predicted molar refractivity (Wildman–Crippen MR) is 160 cm³/mol. The average Bonchev–Trinajstić information content (AvgIpc) is 3.38. The number of halogens is 1. The van der Waals surface area contributed by atoms with E-state index in [1.807, 2.05) is 30.5 Å². The van der Waals surface area contributed by atoms with Gasteiger partial charge in [-0.25, -0.2) is 9.37 Å². The van der Waals surface area contributed by atoms with Gasteiger partial charge in [-0.1, -0.05) is 6.42 Å². The quantitative estimate of drug-likeness (QED) is 0.176. The largest absolute Gasteiger partial charge is 0.360 e. The van der Waals surface area contributed by atoms with Gasteiger partial charge in [-0.05, 0) is 62.7 Å². The van der Waals surface area contributed by atoms with E-state index in [0.29, 0.717) is 44.3 Å². The lowest BCUT2D eigenvalue weighted by Crippen LogP contribution is -2.29. The number of H-pyrrole nitrogens is 1. The highest BCUT2D eigenvalue weighted by Gasteiger charge is 2.41. The molecule has 1 unspecified atom stereocenters. The molecule has 5 aromatic rings. The number of hydrogen-bond donors (Lipinski definition) is 3. The summed E-state index contributed by atoms with van der Waals surface area (Å²) >= 11 is 1.39. The summed E-state index contributed by atoms with van der Waals surface area (Å²) in [6.07, 6.45) is 10.5. The van der Waals surface area contributed by atoms with Crippen molar-refractivity contribution < 1.29 is 9.18 Å². The van der Waals surface area contributed by atoms with Gasteiger partial charge in [-0.2, -0.15) is 0 Å². The number of anilines is 1. The van der Waals surface area contributed by atoms with E-state index in [-0.39, 0.29) is 17.6 Å². The van der Waals surface area contributed by atoms with Crippen LogP contribution >= 0.6 is 11.3 Å². The van der Waals surface area contributed by atoms with Crippen LogP contribution in [0.1, 0.15) is 52.8 Å². The number of imidazole rings is 1. The van der Waals surface area contributed by atoms with Gasteiger partial charge < -0.3 is 15.6 Å². The first-order chi connectivity index (χ1) is 20.5. The molecule has 0 spiro atoms. The summed E-state index contributed by atoms with van der Waals surface area (Å²) in [6, 6.07) is 7.55. The Morgan fingerprint density at radius 3 is 2.79 bits per heavy atom. The molecule has 3 aliphatic heterocycles. The molecule has 0 amide bonds. The van der Waals surface area contributed by atoms with Crippen molar-refractivity contribution in [3.05, 3.63) is 82.4 Å². The molecule has 0 bridgehead atoms. The van der Waals surface area contributed by atoms with Crippen LogP contribution in [0.2, 0.25) is 0 Å². The molecule has 8 rings (SSSR count). The number of carbonyl (C=O) groups excluding carboxylic acids is 1.